The van der Waals surface area contributed by atoms with Crippen LogP contribution in [0.5, 0.6) is 0 Å². The number of imidazole rings is 1. The van der Waals surface area contributed by atoms with Crippen molar-refractivity contribution in [1.82, 2.24) is 34.5 Å². The molecule has 0 saturated carbocycles. The van der Waals surface area contributed by atoms with Crippen LogP contribution in [-0.2, 0) is 0 Å². The summed E-state index contributed by atoms with van der Waals surface area (Å²) in [7, 11) is 0. The number of benzene rings is 1. The Kier molecular flexibility index (Phi) is 5.18. The van der Waals surface area contributed by atoms with Gasteiger partial charge in [0.1, 0.15) is 18.2 Å². The van der Waals surface area contributed by atoms with E-state index in [4.69, 9.17) is 5.26 Å². The Balaban J connectivity index is 1.59. The molecule has 4 aromatic heterocycles. The van der Waals surface area contributed by atoms with Crippen LogP contribution < -0.4 is 5.32 Å². The fraction of sp³-hybridized carbons (Fsp3) is 0.130. The summed E-state index contributed by atoms with van der Waals surface area (Å²) in [6, 6.07) is 15.5. The summed E-state index contributed by atoms with van der Waals surface area (Å²) in [6.45, 7) is 3.53. The lowest BCUT2D eigenvalue weighted by Crippen LogP contribution is -2.09. The SMILES string of the molecule is Cc1ccc(Nc2ccc3ncn(-c4ccc(C(F)F)c(-n5nc(C#N)cc5C)n4)c3c2)nn1. The maximum atomic E-state index is 13.8. The van der Waals surface area contributed by atoms with E-state index < -0.39 is 6.43 Å². The summed E-state index contributed by atoms with van der Waals surface area (Å²) >= 11 is 0. The molecule has 168 valence electrons. The number of nitrogens with zero attached hydrogens (tertiary/aromatic N) is 8. The molecule has 0 radical (unpaired) electrons. The van der Waals surface area contributed by atoms with Crippen molar-refractivity contribution >= 4 is 22.5 Å². The van der Waals surface area contributed by atoms with Crippen molar-refractivity contribution in [1.29, 1.82) is 5.26 Å². The molecule has 0 spiro atoms. The van der Waals surface area contributed by atoms with E-state index in [1.54, 1.807) is 17.8 Å². The molecule has 1 aromatic carbocycles. The van der Waals surface area contributed by atoms with Crippen LogP contribution in [-0.4, -0.2) is 34.5 Å². The molecule has 0 fully saturated rings. The highest BCUT2D eigenvalue weighted by molar-refractivity contribution is 5.82. The van der Waals surface area contributed by atoms with Gasteiger partial charge in [-0.1, -0.05) is 0 Å². The standard InChI is InChI=1S/C23H17F2N9/c1-13-3-7-20(31-30-13)28-15-4-6-18-19(10-15)33(12-27-18)21-8-5-17(22(24)25)23(29-21)34-14(2)9-16(11-26)32-34/h3-10,12,22H,1-2H3,(H,28,31). The lowest BCUT2D eigenvalue weighted by atomic mass is 10.2. The molecule has 11 heteroatoms. The van der Waals surface area contributed by atoms with Gasteiger partial charge in [-0.2, -0.15) is 15.5 Å². The van der Waals surface area contributed by atoms with E-state index in [-0.39, 0.29) is 17.1 Å². The smallest absolute Gasteiger partial charge is 0.267 e. The van der Waals surface area contributed by atoms with Crippen LogP contribution in [0.25, 0.3) is 22.7 Å². The summed E-state index contributed by atoms with van der Waals surface area (Å²) < 4.78 is 30.5. The van der Waals surface area contributed by atoms with E-state index in [2.05, 4.69) is 30.6 Å². The zero-order valence-corrected chi connectivity index (χ0v) is 18.1. The zero-order valence-electron chi connectivity index (χ0n) is 18.1. The molecular weight excluding hydrogens is 440 g/mol. The largest absolute Gasteiger partial charge is 0.339 e. The number of alkyl halides is 2. The molecule has 4 heterocycles. The Morgan fingerprint density at radius 2 is 1.88 bits per heavy atom. The minimum Gasteiger partial charge on any atom is -0.339 e. The number of rotatable bonds is 5. The fourth-order valence-electron chi connectivity index (χ4n) is 3.55. The second kappa shape index (κ2) is 8.32. The number of aromatic nitrogens is 7. The first kappa shape index (κ1) is 21.1. The Hall–Kier alpha value is -4.72. The number of aryl methyl sites for hydroxylation is 2. The third kappa shape index (κ3) is 3.81. The molecule has 9 nitrogen and oxygen atoms in total. The lowest BCUT2D eigenvalue weighted by molar-refractivity contribution is 0.150. The number of hydrogen-bond acceptors (Lipinski definition) is 7. The maximum absolute atomic E-state index is 13.8. The summed E-state index contributed by atoms with van der Waals surface area (Å²) in [5, 5.41) is 24.6. The summed E-state index contributed by atoms with van der Waals surface area (Å²) in [6.07, 6.45) is -1.19. The molecular formula is C23H17F2N9. The number of anilines is 2. The maximum Gasteiger partial charge on any atom is 0.267 e. The molecule has 0 aliphatic heterocycles. The minimum absolute atomic E-state index is 0.0439. The van der Waals surface area contributed by atoms with E-state index in [9.17, 15) is 8.78 Å². The number of fused-ring (bicyclic) bond motifs is 1. The van der Waals surface area contributed by atoms with E-state index in [0.717, 1.165) is 11.4 Å². The van der Waals surface area contributed by atoms with Crippen molar-refractivity contribution in [3.63, 3.8) is 0 Å². The average molecular weight is 457 g/mol. The Morgan fingerprint density at radius 3 is 2.59 bits per heavy atom. The lowest BCUT2D eigenvalue weighted by Gasteiger charge is -2.13. The van der Waals surface area contributed by atoms with Crippen LogP contribution in [0.4, 0.5) is 20.3 Å². The first-order chi connectivity index (χ1) is 16.4. The highest BCUT2D eigenvalue weighted by Gasteiger charge is 2.20. The van der Waals surface area contributed by atoms with Gasteiger partial charge in [0.15, 0.2) is 17.3 Å². The van der Waals surface area contributed by atoms with Crippen molar-refractivity contribution < 1.29 is 8.78 Å². The molecule has 1 N–H and O–H groups in total. The minimum atomic E-state index is -2.77. The van der Waals surface area contributed by atoms with Crippen molar-refractivity contribution in [2.75, 3.05) is 5.32 Å². The van der Waals surface area contributed by atoms with Gasteiger partial charge in [0.2, 0.25) is 0 Å². The Labute approximate surface area is 192 Å². The molecule has 5 rings (SSSR count). The van der Waals surface area contributed by atoms with Crippen LogP contribution >= 0.6 is 0 Å². The van der Waals surface area contributed by atoms with Gasteiger partial charge in [-0.05, 0) is 62.4 Å². The molecule has 0 amide bonds. The number of nitriles is 1. The predicted octanol–water partition coefficient (Wildman–Crippen LogP) is 4.57. The summed E-state index contributed by atoms with van der Waals surface area (Å²) in [5.74, 6) is 0.917. The number of nitrogens with one attached hydrogen (secondary N) is 1. The zero-order chi connectivity index (χ0) is 23.8. The van der Waals surface area contributed by atoms with Gasteiger partial charge >= 0.3 is 0 Å². The molecule has 34 heavy (non-hydrogen) atoms. The summed E-state index contributed by atoms with van der Waals surface area (Å²) in [5.41, 5.74) is 3.31. The van der Waals surface area contributed by atoms with Gasteiger partial charge in [-0.25, -0.2) is 23.4 Å². The second-order valence-corrected chi connectivity index (χ2v) is 7.58. The first-order valence-corrected chi connectivity index (χ1v) is 10.2. The monoisotopic (exact) mass is 457 g/mol. The molecule has 0 aliphatic carbocycles. The van der Waals surface area contributed by atoms with Crippen molar-refractivity contribution in [2.45, 2.75) is 20.3 Å². The fourth-order valence-corrected chi connectivity index (χ4v) is 3.55. The van der Waals surface area contributed by atoms with Crippen LogP contribution in [0, 0.1) is 25.2 Å². The second-order valence-electron chi connectivity index (χ2n) is 7.58. The van der Waals surface area contributed by atoms with E-state index in [0.29, 0.717) is 28.4 Å². The Morgan fingerprint density at radius 1 is 1.03 bits per heavy atom. The van der Waals surface area contributed by atoms with E-state index >= 15 is 0 Å². The molecule has 0 unspecified atom stereocenters. The third-order valence-electron chi connectivity index (χ3n) is 5.19. The van der Waals surface area contributed by atoms with Gasteiger partial charge in [-0.3, -0.25) is 4.57 Å². The van der Waals surface area contributed by atoms with Crippen LogP contribution in [0.2, 0.25) is 0 Å². The number of halogens is 2. The van der Waals surface area contributed by atoms with Gasteiger partial charge in [0.25, 0.3) is 6.43 Å². The molecule has 0 bridgehead atoms. The molecule has 0 aliphatic rings. The third-order valence-corrected chi connectivity index (χ3v) is 5.19. The highest BCUT2D eigenvalue weighted by atomic mass is 19.3. The number of pyridine rings is 1. The average Bonchev–Trinajstić information content (AvgIpc) is 3.43. The van der Waals surface area contributed by atoms with Crippen molar-refractivity contribution in [2.24, 2.45) is 0 Å². The molecule has 0 atom stereocenters. The van der Waals surface area contributed by atoms with Crippen LogP contribution in [0.1, 0.15) is 29.1 Å². The van der Waals surface area contributed by atoms with Crippen molar-refractivity contribution in [3.05, 3.63) is 77.5 Å². The quantitative estimate of drug-likeness (QED) is 0.412. The predicted molar refractivity (Wildman–Crippen MR) is 120 cm³/mol. The molecule has 0 saturated heterocycles. The van der Waals surface area contributed by atoms with Gasteiger partial charge in [0, 0.05) is 11.4 Å². The molecule has 5 aromatic rings. The normalized spacial score (nSPS) is 11.2. The topological polar surface area (TPSA) is 110 Å². The Bertz CT molecular complexity index is 1550. The summed E-state index contributed by atoms with van der Waals surface area (Å²) in [4.78, 5) is 8.88. The number of hydrogen-bond donors (Lipinski definition) is 1. The van der Waals surface area contributed by atoms with Gasteiger partial charge < -0.3 is 5.32 Å². The van der Waals surface area contributed by atoms with Gasteiger partial charge in [0.05, 0.1) is 22.3 Å². The van der Waals surface area contributed by atoms with Crippen molar-refractivity contribution in [3.8, 4) is 17.7 Å². The highest BCUT2D eigenvalue weighted by Crippen LogP contribution is 2.28. The van der Waals surface area contributed by atoms with Gasteiger partial charge in [-0.15, -0.1) is 5.10 Å². The first-order valence-electron chi connectivity index (χ1n) is 10.2. The van der Waals surface area contributed by atoms with E-state index in [1.807, 2.05) is 43.3 Å². The van der Waals surface area contributed by atoms with Crippen LogP contribution in [0.15, 0.2) is 54.9 Å². The van der Waals surface area contributed by atoms with Crippen LogP contribution in [0.3, 0.4) is 0 Å². The van der Waals surface area contributed by atoms with E-state index in [1.165, 1.54) is 22.9 Å².